The highest BCUT2D eigenvalue weighted by molar-refractivity contribution is 7.10. The minimum atomic E-state index is 0.446. The van der Waals surface area contributed by atoms with Crippen molar-refractivity contribution in [3.8, 4) is 0 Å². The highest BCUT2D eigenvalue weighted by Gasteiger charge is 2.09. The number of hydrogen-bond acceptors (Lipinski definition) is 3. The molecule has 0 spiro atoms. The van der Waals surface area contributed by atoms with E-state index in [4.69, 9.17) is 4.74 Å². The number of thiophene rings is 1. The Morgan fingerprint density at radius 2 is 2.29 bits per heavy atom. The summed E-state index contributed by atoms with van der Waals surface area (Å²) in [4.78, 5) is 1.40. The topological polar surface area (TPSA) is 21.3 Å². The third-order valence-corrected chi connectivity index (χ3v) is 3.31. The number of ether oxygens (including phenoxy) is 1. The molecule has 0 aliphatic rings. The van der Waals surface area contributed by atoms with E-state index in [1.807, 2.05) is 0 Å². The zero-order chi connectivity index (χ0) is 10.4. The van der Waals surface area contributed by atoms with Crippen molar-refractivity contribution in [1.29, 1.82) is 0 Å². The molecule has 1 heterocycles. The van der Waals surface area contributed by atoms with Crippen molar-refractivity contribution in [2.75, 3.05) is 13.7 Å². The van der Waals surface area contributed by atoms with E-state index in [2.05, 4.69) is 36.7 Å². The van der Waals surface area contributed by atoms with Gasteiger partial charge in [-0.25, -0.2) is 0 Å². The summed E-state index contributed by atoms with van der Waals surface area (Å²) in [7, 11) is 1.75. The van der Waals surface area contributed by atoms with Crippen LogP contribution in [0.1, 0.15) is 31.2 Å². The molecule has 80 valence electrons. The van der Waals surface area contributed by atoms with Crippen LogP contribution in [0.2, 0.25) is 0 Å². The number of hydrogen-bond donors (Lipinski definition) is 1. The van der Waals surface area contributed by atoms with Gasteiger partial charge in [0.1, 0.15) is 0 Å². The van der Waals surface area contributed by atoms with Gasteiger partial charge in [-0.2, -0.15) is 0 Å². The van der Waals surface area contributed by atoms with E-state index in [1.54, 1.807) is 18.4 Å². The van der Waals surface area contributed by atoms with Crippen LogP contribution in [0.3, 0.4) is 0 Å². The first-order valence-electron chi connectivity index (χ1n) is 5.02. The molecule has 1 aromatic rings. The molecule has 1 aromatic heterocycles. The Labute approximate surface area is 90.3 Å². The van der Waals surface area contributed by atoms with Gasteiger partial charge in [0, 0.05) is 30.7 Å². The van der Waals surface area contributed by atoms with Crippen molar-refractivity contribution < 1.29 is 4.74 Å². The van der Waals surface area contributed by atoms with Crippen molar-refractivity contribution in [2.24, 2.45) is 0 Å². The number of rotatable bonds is 6. The molecule has 0 fully saturated rings. The summed E-state index contributed by atoms with van der Waals surface area (Å²) in [5, 5.41) is 5.67. The van der Waals surface area contributed by atoms with Gasteiger partial charge < -0.3 is 10.1 Å². The average molecular weight is 213 g/mol. The predicted octanol–water partition coefficient (Wildman–Crippen LogP) is 2.82. The lowest BCUT2D eigenvalue weighted by Crippen LogP contribution is -2.29. The van der Waals surface area contributed by atoms with E-state index < -0.39 is 0 Å². The van der Waals surface area contributed by atoms with Crippen molar-refractivity contribution in [1.82, 2.24) is 5.32 Å². The Kier molecular flexibility index (Phi) is 5.15. The van der Waals surface area contributed by atoms with Crippen molar-refractivity contribution in [3.05, 3.63) is 22.4 Å². The first kappa shape index (κ1) is 11.7. The molecule has 0 aromatic carbocycles. The van der Waals surface area contributed by atoms with Crippen LogP contribution in [-0.4, -0.2) is 19.8 Å². The van der Waals surface area contributed by atoms with Gasteiger partial charge in [-0.15, -0.1) is 11.3 Å². The maximum absolute atomic E-state index is 5.05. The fraction of sp³-hybridized carbons (Fsp3) is 0.636. The summed E-state index contributed by atoms with van der Waals surface area (Å²) in [6, 6.07) is 5.22. The van der Waals surface area contributed by atoms with Gasteiger partial charge in [-0.1, -0.05) is 6.07 Å². The van der Waals surface area contributed by atoms with Gasteiger partial charge in [-0.05, 0) is 31.7 Å². The quantitative estimate of drug-likeness (QED) is 0.784. The van der Waals surface area contributed by atoms with Crippen LogP contribution in [-0.2, 0) is 4.74 Å². The van der Waals surface area contributed by atoms with E-state index in [0.717, 1.165) is 13.0 Å². The molecule has 1 rings (SSSR count). The molecule has 0 bridgehead atoms. The Balaban J connectivity index is 2.29. The van der Waals surface area contributed by atoms with Crippen LogP contribution < -0.4 is 5.32 Å². The van der Waals surface area contributed by atoms with Crippen LogP contribution in [0.5, 0.6) is 0 Å². The van der Waals surface area contributed by atoms with Crippen LogP contribution in [0.25, 0.3) is 0 Å². The maximum atomic E-state index is 5.05. The molecule has 0 saturated carbocycles. The standard InChI is InChI=1S/C11H19NOS/c1-9(6-7-13-3)12-10(2)11-5-4-8-14-11/h4-5,8-10,12H,6-7H2,1-3H3/t9?,10-/m0/s1. The number of nitrogens with one attached hydrogen (secondary N) is 1. The second kappa shape index (κ2) is 6.17. The van der Waals surface area contributed by atoms with Gasteiger partial charge in [0.25, 0.3) is 0 Å². The minimum Gasteiger partial charge on any atom is -0.385 e. The second-order valence-electron chi connectivity index (χ2n) is 3.59. The predicted molar refractivity (Wildman–Crippen MR) is 61.8 cm³/mol. The molecular weight excluding hydrogens is 194 g/mol. The lowest BCUT2D eigenvalue weighted by molar-refractivity contribution is 0.183. The SMILES string of the molecule is COCCC(C)N[C@@H](C)c1cccs1. The van der Waals surface area contributed by atoms with Crippen molar-refractivity contribution in [2.45, 2.75) is 32.4 Å². The van der Waals surface area contributed by atoms with Crippen LogP contribution >= 0.6 is 11.3 Å². The van der Waals surface area contributed by atoms with E-state index in [-0.39, 0.29) is 0 Å². The first-order valence-corrected chi connectivity index (χ1v) is 5.90. The Bertz CT molecular complexity index is 235. The van der Waals surface area contributed by atoms with Gasteiger partial charge in [0.2, 0.25) is 0 Å². The van der Waals surface area contributed by atoms with Crippen LogP contribution in [0, 0.1) is 0 Å². The summed E-state index contributed by atoms with van der Waals surface area (Å²) >= 11 is 1.80. The van der Waals surface area contributed by atoms with Crippen LogP contribution in [0.4, 0.5) is 0 Å². The fourth-order valence-corrected chi connectivity index (χ4v) is 2.17. The molecule has 0 amide bonds. The summed E-state index contributed by atoms with van der Waals surface area (Å²) in [6.45, 7) is 5.23. The van der Waals surface area contributed by atoms with Gasteiger partial charge >= 0.3 is 0 Å². The van der Waals surface area contributed by atoms with E-state index in [1.165, 1.54) is 4.88 Å². The normalized spacial score (nSPS) is 15.4. The molecule has 0 aliphatic carbocycles. The lowest BCUT2D eigenvalue weighted by atomic mass is 10.2. The van der Waals surface area contributed by atoms with E-state index in [0.29, 0.717) is 12.1 Å². The molecule has 0 aliphatic heterocycles. The fourth-order valence-electron chi connectivity index (χ4n) is 1.42. The molecule has 2 atom stereocenters. The zero-order valence-electron chi connectivity index (χ0n) is 9.12. The average Bonchev–Trinajstić information content (AvgIpc) is 2.67. The van der Waals surface area contributed by atoms with Gasteiger partial charge in [-0.3, -0.25) is 0 Å². The van der Waals surface area contributed by atoms with Gasteiger partial charge in [0.05, 0.1) is 0 Å². The number of methoxy groups -OCH3 is 1. The highest BCUT2D eigenvalue weighted by atomic mass is 32.1. The van der Waals surface area contributed by atoms with Crippen molar-refractivity contribution >= 4 is 11.3 Å². The molecule has 0 saturated heterocycles. The third-order valence-electron chi connectivity index (χ3n) is 2.26. The van der Waals surface area contributed by atoms with Crippen LogP contribution in [0.15, 0.2) is 17.5 Å². The molecule has 1 unspecified atom stereocenters. The molecule has 2 nitrogen and oxygen atoms in total. The lowest BCUT2D eigenvalue weighted by Gasteiger charge is -2.18. The summed E-state index contributed by atoms with van der Waals surface area (Å²) < 4.78 is 5.05. The minimum absolute atomic E-state index is 0.446. The monoisotopic (exact) mass is 213 g/mol. The summed E-state index contributed by atoms with van der Waals surface area (Å²) in [6.07, 6.45) is 1.06. The van der Waals surface area contributed by atoms with E-state index >= 15 is 0 Å². The second-order valence-corrected chi connectivity index (χ2v) is 4.57. The molecular formula is C11H19NOS. The Morgan fingerprint density at radius 3 is 2.86 bits per heavy atom. The third kappa shape index (κ3) is 3.78. The summed E-state index contributed by atoms with van der Waals surface area (Å²) in [5.41, 5.74) is 0. The molecule has 14 heavy (non-hydrogen) atoms. The summed E-state index contributed by atoms with van der Waals surface area (Å²) in [5.74, 6) is 0. The van der Waals surface area contributed by atoms with Crippen molar-refractivity contribution in [3.63, 3.8) is 0 Å². The largest absolute Gasteiger partial charge is 0.385 e. The Hall–Kier alpha value is -0.380. The maximum Gasteiger partial charge on any atom is 0.0476 e. The molecule has 1 N–H and O–H groups in total. The highest BCUT2D eigenvalue weighted by Crippen LogP contribution is 2.18. The smallest absolute Gasteiger partial charge is 0.0476 e. The molecule has 3 heteroatoms. The Morgan fingerprint density at radius 1 is 1.50 bits per heavy atom. The molecule has 0 radical (unpaired) electrons. The zero-order valence-corrected chi connectivity index (χ0v) is 9.93. The first-order chi connectivity index (χ1) is 6.74. The van der Waals surface area contributed by atoms with Gasteiger partial charge in [0.15, 0.2) is 0 Å². The van der Waals surface area contributed by atoms with E-state index in [9.17, 15) is 0 Å².